The average molecular weight is 241 g/mol. The third kappa shape index (κ3) is 3.06. The van der Waals surface area contributed by atoms with Gasteiger partial charge in [0.2, 0.25) is 0 Å². The second-order valence-corrected chi connectivity index (χ2v) is 5.94. The van der Waals surface area contributed by atoms with Crippen LogP contribution in [-0.2, 0) is 9.84 Å². The number of sulfone groups is 1. The molecule has 0 radical (unpaired) electrons. The van der Waals surface area contributed by atoms with Gasteiger partial charge in [-0.1, -0.05) is 25.1 Å². The predicted octanol–water partition coefficient (Wildman–Crippen LogP) is 1.77. The summed E-state index contributed by atoms with van der Waals surface area (Å²) in [5, 5.41) is 3.02. The monoisotopic (exact) mass is 241 g/mol. The van der Waals surface area contributed by atoms with Crippen molar-refractivity contribution in [1.29, 1.82) is 0 Å². The Balaban J connectivity index is 2.99. The molecule has 3 nitrogen and oxygen atoms in total. The first kappa shape index (κ1) is 13.2. The predicted molar refractivity (Wildman–Crippen MR) is 66.4 cm³/mol. The lowest BCUT2D eigenvalue weighted by Crippen LogP contribution is -2.32. The lowest BCUT2D eigenvalue weighted by atomic mass is 10.2. The van der Waals surface area contributed by atoms with Crippen molar-refractivity contribution in [3.8, 4) is 0 Å². The Morgan fingerprint density at radius 2 is 1.94 bits per heavy atom. The summed E-state index contributed by atoms with van der Waals surface area (Å²) in [5.41, 5.74) is 0.813. The van der Waals surface area contributed by atoms with Crippen LogP contribution in [-0.4, -0.2) is 27.3 Å². The van der Waals surface area contributed by atoms with E-state index >= 15 is 0 Å². The van der Waals surface area contributed by atoms with E-state index in [1.807, 2.05) is 26.0 Å². The highest BCUT2D eigenvalue weighted by atomic mass is 32.2. The Kier molecular flexibility index (Phi) is 4.50. The molecule has 0 heterocycles. The van der Waals surface area contributed by atoms with E-state index < -0.39 is 9.84 Å². The van der Waals surface area contributed by atoms with Gasteiger partial charge in [-0.2, -0.15) is 0 Å². The highest BCUT2D eigenvalue weighted by Gasteiger charge is 2.20. The molecular weight excluding hydrogens is 222 g/mol. The van der Waals surface area contributed by atoms with Gasteiger partial charge in [0.25, 0.3) is 0 Å². The first-order chi connectivity index (χ1) is 7.51. The van der Waals surface area contributed by atoms with E-state index in [1.54, 1.807) is 19.2 Å². The molecule has 0 bridgehead atoms. The SMILES string of the molecule is CCC(CS(=O)(=O)c1ccccc1C)NC. The van der Waals surface area contributed by atoms with Crippen molar-refractivity contribution in [1.82, 2.24) is 5.32 Å². The van der Waals surface area contributed by atoms with Gasteiger partial charge >= 0.3 is 0 Å². The molecule has 0 aromatic heterocycles. The van der Waals surface area contributed by atoms with Crippen molar-refractivity contribution in [2.45, 2.75) is 31.2 Å². The van der Waals surface area contributed by atoms with Gasteiger partial charge in [-0.05, 0) is 32.0 Å². The zero-order chi connectivity index (χ0) is 12.2. The fraction of sp³-hybridized carbons (Fsp3) is 0.500. The molecule has 0 amide bonds. The number of hydrogen-bond acceptors (Lipinski definition) is 3. The summed E-state index contributed by atoms with van der Waals surface area (Å²) < 4.78 is 24.3. The van der Waals surface area contributed by atoms with E-state index in [-0.39, 0.29) is 11.8 Å². The van der Waals surface area contributed by atoms with Crippen LogP contribution in [0.1, 0.15) is 18.9 Å². The van der Waals surface area contributed by atoms with Crippen molar-refractivity contribution < 1.29 is 8.42 Å². The molecule has 1 aromatic rings. The molecule has 0 spiro atoms. The van der Waals surface area contributed by atoms with E-state index in [0.29, 0.717) is 4.90 Å². The summed E-state index contributed by atoms with van der Waals surface area (Å²) in [6, 6.07) is 7.13. The summed E-state index contributed by atoms with van der Waals surface area (Å²) in [5.74, 6) is 0.158. The maximum atomic E-state index is 12.1. The van der Waals surface area contributed by atoms with Crippen molar-refractivity contribution in [2.75, 3.05) is 12.8 Å². The third-order valence-corrected chi connectivity index (χ3v) is 4.72. The van der Waals surface area contributed by atoms with Crippen LogP contribution in [0.4, 0.5) is 0 Å². The minimum Gasteiger partial charge on any atom is -0.316 e. The Morgan fingerprint density at radius 3 is 2.44 bits per heavy atom. The number of aryl methyl sites for hydroxylation is 1. The van der Waals surface area contributed by atoms with Crippen LogP contribution >= 0.6 is 0 Å². The van der Waals surface area contributed by atoms with Crippen molar-refractivity contribution >= 4 is 9.84 Å². The van der Waals surface area contributed by atoms with E-state index in [0.717, 1.165) is 12.0 Å². The maximum absolute atomic E-state index is 12.1. The number of benzene rings is 1. The molecule has 0 saturated carbocycles. The molecule has 16 heavy (non-hydrogen) atoms. The van der Waals surface area contributed by atoms with Gasteiger partial charge in [-0.3, -0.25) is 0 Å². The lowest BCUT2D eigenvalue weighted by molar-refractivity contribution is 0.555. The number of rotatable bonds is 5. The van der Waals surface area contributed by atoms with E-state index in [4.69, 9.17) is 0 Å². The van der Waals surface area contributed by atoms with E-state index in [9.17, 15) is 8.42 Å². The molecule has 0 saturated heterocycles. The van der Waals surface area contributed by atoms with E-state index in [2.05, 4.69) is 5.32 Å². The van der Waals surface area contributed by atoms with Gasteiger partial charge in [0.05, 0.1) is 10.6 Å². The first-order valence-corrected chi connectivity index (χ1v) is 7.12. The highest BCUT2D eigenvalue weighted by molar-refractivity contribution is 7.91. The minimum absolute atomic E-state index is 0.0182. The Hall–Kier alpha value is -0.870. The largest absolute Gasteiger partial charge is 0.316 e. The summed E-state index contributed by atoms with van der Waals surface area (Å²) in [7, 11) is -1.38. The second kappa shape index (κ2) is 5.46. The summed E-state index contributed by atoms with van der Waals surface area (Å²) in [6.07, 6.45) is 0.807. The average Bonchev–Trinajstić information content (AvgIpc) is 2.26. The van der Waals surface area contributed by atoms with Gasteiger partial charge < -0.3 is 5.32 Å². The van der Waals surface area contributed by atoms with Gasteiger partial charge in [0, 0.05) is 6.04 Å². The molecule has 1 N–H and O–H groups in total. The molecule has 1 aromatic carbocycles. The molecule has 90 valence electrons. The van der Waals surface area contributed by atoms with Crippen molar-refractivity contribution in [3.63, 3.8) is 0 Å². The molecule has 0 aliphatic carbocycles. The maximum Gasteiger partial charge on any atom is 0.180 e. The first-order valence-electron chi connectivity index (χ1n) is 5.47. The van der Waals surface area contributed by atoms with Crippen LogP contribution in [0.15, 0.2) is 29.2 Å². The van der Waals surface area contributed by atoms with Crippen molar-refractivity contribution in [2.24, 2.45) is 0 Å². The van der Waals surface area contributed by atoms with Crippen molar-refractivity contribution in [3.05, 3.63) is 29.8 Å². The smallest absolute Gasteiger partial charge is 0.180 e. The minimum atomic E-state index is -3.18. The lowest BCUT2D eigenvalue weighted by Gasteiger charge is -2.15. The summed E-state index contributed by atoms with van der Waals surface area (Å²) in [6.45, 7) is 3.81. The molecule has 1 atom stereocenters. The third-order valence-electron chi connectivity index (χ3n) is 2.75. The quantitative estimate of drug-likeness (QED) is 0.854. The van der Waals surface area contributed by atoms with Gasteiger partial charge in [0.1, 0.15) is 0 Å². The summed E-state index contributed by atoms with van der Waals surface area (Å²) in [4.78, 5) is 0.448. The fourth-order valence-corrected chi connectivity index (χ4v) is 3.62. The standard InChI is InChI=1S/C12H19NO2S/c1-4-11(13-3)9-16(14,15)12-8-6-5-7-10(12)2/h5-8,11,13H,4,9H2,1-3H3. The molecule has 0 aliphatic rings. The Bertz CT molecular complexity index is 436. The molecule has 1 unspecified atom stereocenters. The van der Waals surface area contributed by atoms with Gasteiger partial charge in [-0.15, -0.1) is 0 Å². The van der Waals surface area contributed by atoms with Crippen LogP contribution in [0.5, 0.6) is 0 Å². The van der Waals surface area contributed by atoms with Crippen LogP contribution in [0.3, 0.4) is 0 Å². The van der Waals surface area contributed by atoms with E-state index in [1.165, 1.54) is 0 Å². The van der Waals surface area contributed by atoms with Crippen LogP contribution < -0.4 is 5.32 Å². The molecule has 0 fully saturated rings. The fourth-order valence-electron chi connectivity index (χ4n) is 1.67. The topological polar surface area (TPSA) is 46.2 Å². The highest BCUT2D eigenvalue weighted by Crippen LogP contribution is 2.17. The second-order valence-electron chi connectivity index (χ2n) is 3.94. The zero-order valence-corrected chi connectivity index (χ0v) is 10.8. The van der Waals surface area contributed by atoms with Crippen LogP contribution in [0, 0.1) is 6.92 Å². The normalized spacial score (nSPS) is 13.7. The number of nitrogens with one attached hydrogen (secondary N) is 1. The number of hydrogen-bond donors (Lipinski definition) is 1. The molecule has 1 rings (SSSR count). The summed E-state index contributed by atoms with van der Waals surface area (Å²) >= 11 is 0. The molecule has 4 heteroatoms. The van der Waals surface area contributed by atoms with Crippen LogP contribution in [0.25, 0.3) is 0 Å². The zero-order valence-electron chi connectivity index (χ0n) is 10.0. The van der Waals surface area contributed by atoms with Crippen LogP contribution in [0.2, 0.25) is 0 Å². The van der Waals surface area contributed by atoms with Gasteiger partial charge in [0.15, 0.2) is 9.84 Å². The molecular formula is C12H19NO2S. The Labute approximate surface area is 97.8 Å². The molecule has 0 aliphatic heterocycles. The Morgan fingerprint density at radius 1 is 1.31 bits per heavy atom. The van der Waals surface area contributed by atoms with Gasteiger partial charge in [-0.25, -0.2) is 8.42 Å².